The lowest BCUT2D eigenvalue weighted by molar-refractivity contribution is -0.205. The summed E-state index contributed by atoms with van der Waals surface area (Å²) in [5, 5.41) is 36.2. The van der Waals surface area contributed by atoms with E-state index < -0.39 is 65.2 Å². The fraction of sp³-hybridized carbons (Fsp3) is 0.952. The van der Waals surface area contributed by atoms with Crippen molar-refractivity contribution < 1.29 is 38.4 Å². The SMILES string of the molecule is CSC1OC([C@H](NC(=O)[C@H]2NC[C@@H]3C[C@H](CC(C)(F)F)CCO[C@H]32)[C@H](C)Cl)C(O)C(O)C1O. The van der Waals surface area contributed by atoms with Crippen LogP contribution in [0.5, 0.6) is 0 Å². The molecule has 3 saturated heterocycles. The zero-order valence-electron chi connectivity index (χ0n) is 19.0. The smallest absolute Gasteiger partial charge is 0.245 e. The minimum absolute atomic E-state index is 0.0724. The number of carbonyl (C=O) groups excluding carboxylic acids is 1. The van der Waals surface area contributed by atoms with E-state index >= 15 is 0 Å². The number of hydrogen-bond donors (Lipinski definition) is 5. The first-order chi connectivity index (χ1) is 15.4. The fourth-order valence-electron chi connectivity index (χ4n) is 5.16. The Morgan fingerprint density at radius 3 is 2.61 bits per heavy atom. The molecule has 5 N–H and O–H groups in total. The minimum atomic E-state index is -2.75. The van der Waals surface area contributed by atoms with Crippen LogP contribution < -0.4 is 10.6 Å². The number of amides is 1. The Morgan fingerprint density at radius 2 is 2.00 bits per heavy atom. The number of fused-ring (bicyclic) bond motifs is 1. The van der Waals surface area contributed by atoms with E-state index in [9.17, 15) is 28.9 Å². The quantitative estimate of drug-likeness (QED) is 0.314. The molecule has 192 valence electrons. The summed E-state index contributed by atoms with van der Waals surface area (Å²) in [7, 11) is 0. The maximum absolute atomic E-state index is 13.5. The first kappa shape index (κ1) is 27.3. The molecule has 1 amide bonds. The maximum Gasteiger partial charge on any atom is 0.245 e. The van der Waals surface area contributed by atoms with Crippen LogP contribution in [0.25, 0.3) is 0 Å². The zero-order chi connectivity index (χ0) is 24.5. The third kappa shape index (κ3) is 6.49. The first-order valence-electron chi connectivity index (χ1n) is 11.3. The Balaban J connectivity index is 1.68. The van der Waals surface area contributed by atoms with Gasteiger partial charge >= 0.3 is 0 Å². The van der Waals surface area contributed by atoms with Gasteiger partial charge in [-0.3, -0.25) is 4.79 Å². The summed E-state index contributed by atoms with van der Waals surface area (Å²) < 4.78 is 38.7. The Labute approximate surface area is 202 Å². The van der Waals surface area contributed by atoms with Crippen LogP contribution in [0.15, 0.2) is 0 Å². The molecule has 12 heteroatoms. The highest BCUT2D eigenvalue weighted by Gasteiger charge is 2.49. The van der Waals surface area contributed by atoms with Gasteiger partial charge in [-0.05, 0) is 44.8 Å². The lowest BCUT2D eigenvalue weighted by Gasteiger charge is -2.44. The number of thioether (sulfide) groups is 1. The van der Waals surface area contributed by atoms with Crippen molar-refractivity contribution in [3.05, 3.63) is 0 Å². The summed E-state index contributed by atoms with van der Waals surface area (Å²) >= 11 is 7.51. The van der Waals surface area contributed by atoms with Crippen molar-refractivity contribution in [3.8, 4) is 0 Å². The molecule has 0 aromatic carbocycles. The highest BCUT2D eigenvalue weighted by atomic mass is 35.5. The third-order valence-corrected chi connectivity index (χ3v) is 7.92. The van der Waals surface area contributed by atoms with E-state index in [1.54, 1.807) is 13.2 Å². The van der Waals surface area contributed by atoms with E-state index in [-0.39, 0.29) is 18.3 Å². The molecule has 3 rings (SSSR count). The molecule has 0 saturated carbocycles. The second-order valence-corrected chi connectivity index (χ2v) is 11.2. The van der Waals surface area contributed by atoms with Crippen molar-refractivity contribution in [3.63, 3.8) is 0 Å². The van der Waals surface area contributed by atoms with Gasteiger partial charge in [-0.15, -0.1) is 23.4 Å². The summed E-state index contributed by atoms with van der Waals surface area (Å²) in [6.45, 7) is 3.33. The van der Waals surface area contributed by atoms with Crippen molar-refractivity contribution in [1.82, 2.24) is 10.6 Å². The van der Waals surface area contributed by atoms with Gasteiger partial charge in [-0.25, -0.2) is 8.78 Å². The van der Waals surface area contributed by atoms with Gasteiger partial charge < -0.3 is 35.4 Å². The van der Waals surface area contributed by atoms with Gasteiger partial charge in [0.15, 0.2) is 0 Å². The number of aliphatic hydroxyl groups excluding tert-OH is 3. The molecule has 0 aromatic rings. The molecule has 0 bridgehead atoms. The molecular weight excluding hydrogens is 482 g/mol. The summed E-state index contributed by atoms with van der Waals surface area (Å²) in [5.74, 6) is -3.40. The topological polar surface area (TPSA) is 120 Å². The van der Waals surface area contributed by atoms with Gasteiger partial charge in [0, 0.05) is 19.6 Å². The van der Waals surface area contributed by atoms with Crippen molar-refractivity contribution in [2.75, 3.05) is 19.4 Å². The lowest BCUT2D eigenvalue weighted by atomic mass is 9.86. The molecule has 3 fully saturated rings. The van der Waals surface area contributed by atoms with Gasteiger partial charge in [-0.1, -0.05) is 0 Å². The van der Waals surface area contributed by atoms with Crippen LogP contribution >= 0.6 is 23.4 Å². The predicted molar refractivity (Wildman–Crippen MR) is 120 cm³/mol. The molecule has 5 unspecified atom stereocenters. The molecular formula is C21H35ClF2N2O6S. The van der Waals surface area contributed by atoms with Crippen molar-refractivity contribution in [2.45, 2.75) is 92.4 Å². The average Bonchev–Trinajstić information content (AvgIpc) is 3.01. The van der Waals surface area contributed by atoms with E-state index in [1.807, 2.05) is 0 Å². The number of ether oxygens (including phenoxy) is 2. The number of carbonyl (C=O) groups is 1. The van der Waals surface area contributed by atoms with Gasteiger partial charge in [0.2, 0.25) is 11.8 Å². The monoisotopic (exact) mass is 516 g/mol. The first-order valence-corrected chi connectivity index (χ1v) is 13.0. The van der Waals surface area contributed by atoms with Gasteiger partial charge in [0.25, 0.3) is 0 Å². The third-order valence-electron chi connectivity index (χ3n) is 6.79. The number of rotatable bonds is 7. The predicted octanol–water partition coefficient (Wildman–Crippen LogP) is 0.698. The van der Waals surface area contributed by atoms with Crippen LogP contribution in [-0.4, -0.2) is 100.0 Å². The summed E-state index contributed by atoms with van der Waals surface area (Å²) in [4.78, 5) is 13.2. The molecule has 3 heterocycles. The standard InChI is InChI=1S/C21H35ClF2N2O6S/c1-9(22)12(18-15(28)14(27)16(29)20(32-18)33-3)26-19(30)13-17-11(8-25-13)6-10(4-5-31-17)7-21(2,23)24/h9-18,20,25,27-29H,4-8H2,1-3H3,(H,26,30)/t9-,10+,11-,12+,13-,14?,15?,16?,17+,18?,20?/m0/s1. The minimum Gasteiger partial charge on any atom is -0.388 e. The van der Waals surface area contributed by atoms with E-state index in [1.165, 1.54) is 11.8 Å². The Hall–Kier alpha value is -0.270. The molecule has 0 aliphatic carbocycles. The largest absolute Gasteiger partial charge is 0.388 e. The number of alkyl halides is 3. The second-order valence-electron chi connectivity index (χ2n) is 9.53. The zero-order valence-corrected chi connectivity index (χ0v) is 20.6. The molecule has 3 aliphatic rings. The van der Waals surface area contributed by atoms with Gasteiger partial charge in [0.1, 0.15) is 35.9 Å². The number of aliphatic hydroxyl groups is 3. The summed E-state index contributed by atoms with van der Waals surface area (Å²) in [5.41, 5.74) is -0.795. The van der Waals surface area contributed by atoms with Crippen LogP contribution in [0.2, 0.25) is 0 Å². The van der Waals surface area contributed by atoms with E-state index in [2.05, 4.69) is 10.6 Å². The van der Waals surface area contributed by atoms with Crippen molar-refractivity contribution in [1.29, 1.82) is 0 Å². The lowest BCUT2D eigenvalue weighted by Crippen LogP contribution is -2.65. The van der Waals surface area contributed by atoms with E-state index in [4.69, 9.17) is 21.1 Å². The molecule has 0 radical (unpaired) electrons. The number of halogens is 3. The number of hydrogen-bond acceptors (Lipinski definition) is 8. The van der Waals surface area contributed by atoms with Crippen molar-refractivity contribution in [2.24, 2.45) is 11.8 Å². The second kappa shape index (κ2) is 11.2. The fourth-order valence-corrected chi connectivity index (χ4v) is 6.05. The molecule has 0 aromatic heterocycles. The molecule has 8 nitrogen and oxygen atoms in total. The highest BCUT2D eigenvalue weighted by molar-refractivity contribution is 7.99. The number of nitrogens with one attached hydrogen (secondary N) is 2. The Bertz CT molecular complexity index is 673. The molecule has 33 heavy (non-hydrogen) atoms. The van der Waals surface area contributed by atoms with Gasteiger partial charge in [-0.2, -0.15) is 0 Å². The summed E-state index contributed by atoms with van der Waals surface area (Å²) in [6, 6.07) is -1.56. The van der Waals surface area contributed by atoms with E-state index in [0.29, 0.717) is 26.0 Å². The van der Waals surface area contributed by atoms with Gasteiger partial charge in [0.05, 0.1) is 17.5 Å². The summed E-state index contributed by atoms with van der Waals surface area (Å²) in [6.07, 6.45) is -3.14. The maximum atomic E-state index is 13.5. The average molecular weight is 517 g/mol. The highest BCUT2D eigenvalue weighted by Crippen LogP contribution is 2.36. The molecule has 11 atom stereocenters. The van der Waals surface area contributed by atoms with E-state index in [0.717, 1.165) is 6.92 Å². The Morgan fingerprint density at radius 1 is 1.30 bits per heavy atom. The van der Waals surface area contributed by atoms with Crippen LogP contribution in [0.4, 0.5) is 8.78 Å². The van der Waals surface area contributed by atoms with Crippen LogP contribution in [0, 0.1) is 11.8 Å². The normalized spacial score (nSPS) is 41.7. The molecule has 3 aliphatic heterocycles. The molecule has 0 spiro atoms. The van der Waals surface area contributed by atoms with Crippen LogP contribution in [0.1, 0.15) is 33.1 Å². The Kier molecular flexibility index (Phi) is 9.27. The van der Waals surface area contributed by atoms with Crippen LogP contribution in [-0.2, 0) is 14.3 Å². The van der Waals surface area contributed by atoms with Crippen molar-refractivity contribution >= 4 is 29.3 Å². The van der Waals surface area contributed by atoms with Crippen LogP contribution in [0.3, 0.4) is 0 Å².